The summed E-state index contributed by atoms with van der Waals surface area (Å²) in [6.45, 7) is 4.32. The molecule has 1 rings (SSSR count). The zero-order chi connectivity index (χ0) is 13.5. The van der Waals surface area contributed by atoms with Crippen LogP contribution in [0.2, 0.25) is 5.02 Å². The molecule has 0 amide bonds. The molecule has 5 heteroatoms. The summed E-state index contributed by atoms with van der Waals surface area (Å²) >= 11 is 13.1. The fourth-order valence-electron chi connectivity index (χ4n) is 1.64. The molecule has 100 valence electrons. The molecule has 0 spiro atoms. The Balaban J connectivity index is 2.72. The van der Waals surface area contributed by atoms with Crippen LogP contribution >= 0.6 is 35.6 Å². The van der Waals surface area contributed by atoms with Crippen LogP contribution in [-0.4, -0.2) is 22.5 Å². The SMILES string of the molecule is CCSCCC(C)Nc1cccc(Cl)c1C(N)=S. The number of anilines is 1. The molecule has 0 aromatic heterocycles. The Morgan fingerprint density at radius 3 is 2.89 bits per heavy atom. The fourth-order valence-corrected chi connectivity index (χ4v) is 3.00. The maximum atomic E-state index is 6.12. The lowest BCUT2D eigenvalue weighted by molar-refractivity contribution is 0.771. The predicted molar refractivity (Wildman–Crippen MR) is 88.0 cm³/mol. The summed E-state index contributed by atoms with van der Waals surface area (Å²) in [5.74, 6) is 2.30. The second-order valence-electron chi connectivity index (χ2n) is 4.06. The first kappa shape index (κ1) is 15.6. The van der Waals surface area contributed by atoms with Crippen molar-refractivity contribution in [3.8, 4) is 0 Å². The van der Waals surface area contributed by atoms with Crippen molar-refractivity contribution in [2.75, 3.05) is 16.8 Å². The number of hydrogen-bond acceptors (Lipinski definition) is 3. The van der Waals surface area contributed by atoms with E-state index in [1.165, 1.54) is 0 Å². The smallest absolute Gasteiger partial charge is 0.107 e. The second-order valence-corrected chi connectivity index (χ2v) is 6.30. The number of rotatable bonds is 7. The van der Waals surface area contributed by atoms with Gasteiger partial charge in [-0.3, -0.25) is 0 Å². The first-order valence-corrected chi connectivity index (χ1v) is 7.93. The van der Waals surface area contributed by atoms with E-state index in [1.54, 1.807) is 6.07 Å². The number of benzene rings is 1. The van der Waals surface area contributed by atoms with E-state index in [1.807, 2.05) is 23.9 Å². The van der Waals surface area contributed by atoms with Gasteiger partial charge in [0.15, 0.2) is 0 Å². The summed E-state index contributed by atoms with van der Waals surface area (Å²) < 4.78 is 0. The number of nitrogens with one attached hydrogen (secondary N) is 1. The van der Waals surface area contributed by atoms with E-state index in [-0.39, 0.29) is 0 Å². The summed E-state index contributed by atoms with van der Waals surface area (Å²) in [6.07, 6.45) is 1.10. The van der Waals surface area contributed by atoms with Crippen LogP contribution in [0.4, 0.5) is 5.69 Å². The van der Waals surface area contributed by atoms with Gasteiger partial charge in [-0.15, -0.1) is 0 Å². The molecule has 1 aromatic rings. The van der Waals surface area contributed by atoms with Crippen molar-refractivity contribution >= 4 is 46.3 Å². The van der Waals surface area contributed by atoms with Gasteiger partial charge in [-0.25, -0.2) is 0 Å². The highest BCUT2D eigenvalue weighted by atomic mass is 35.5. The van der Waals surface area contributed by atoms with Crippen molar-refractivity contribution in [2.45, 2.75) is 26.3 Å². The molecule has 0 aliphatic heterocycles. The highest BCUT2D eigenvalue weighted by Crippen LogP contribution is 2.25. The van der Waals surface area contributed by atoms with E-state index in [0.29, 0.717) is 16.1 Å². The Bertz CT molecular complexity index is 410. The average Bonchev–Trinajstić information content (AvgIpc) is 2.28. The van der Waals surface area contributed by atoms with Crippen LogP contribution < -0.4 is 11.1 Å². The van der Waals surface area contributed by atoms with Gasteiger partial charge in [0.05, 0.1) is 10.6 Å². The van der Waals surface area contributed by atoms with E-state index in [2.05, 4.69) is 19.2 Å². The Morgan fingerprint density at radius 2 is 2.28 bits per heavy atom. The van der Waals surface area contributed by atoms with Crippen molar-refractivity contribution in [3.63, 3.8) is 0 Å². The van der Waals surface area contributed by atoms with Crippen LogP contribution in [0.15, 0.2) is 18.2 Å². The zero-order valence-electron chi connectivity index (χ0n) is 10.7. The van der Waals surface area contributed by atoms with Gasteiger partial charge in [0.25, 0.3) is 0 Å². The monoisotopic (exact) mass is 302 g/mol. The number of thioether (sulfide) groups is 1. The highest BCUT2D eigenvalue weighted by molar-refractivity contribution is 7.99. The molecular formula is C13H19ClN2S2. The molecule has 0 aliphatic rings. The van der Waals surface area contributed by atoms with Gasteiger partial charge in [0, 0.05) is 11.7 Å². The lowest BCUT2D eigenvalue weighted by atomic mass is 10.1. The van der Waals surface area contributed by atoms with E-state index in [4.69, 9.17) is 29.6 Å². The van der Waals surface area contributed by atoms with Gasteiger partial charge >= 0.3 is 0 Å². The summed E-state index contributed by atoms with van der Waals surface area (Å²) in [5, 5.41) is 4.03. The maximum Gasteiger partial charge on any atom is 0.107 e. The molecule has 0 saturated carbocycles. The topological polar surface area (TPSA) is 38.0 Å². The molecule has 18 heavy (non-hydrogen) atoms. The number of nitrogens with two attached hydrogens (primary N) is 1. The van der Waals surface area contributed by atoms with Crippen molar-refractivity contribution in [1.82, 2.24) is 0 Å². The first-order valence-electron chi connectivity index (χ1n) is 5.98. The number of hydrogen-bond donors (Lipinski definition) is 2. The third-order valence-corrected chi connectivity index (χ3v) is 4.01. The van der Waals surface area contributed by atoms with Gasteiger partial charge in [0.2, 0.25) is 0 Å². The largest absolute Gasteiger partial charge is 0.389 e. The van der Waals surface area contributed by atoms with E-state index in [0.717, 1.165) is 29.2 Å². The Labute approximate surface area is 124 Å². The van der Waals surface area contributed by atoms with Crippen LogP contribution in [0.1, 0.15) is 25.8 Å². The second kappa shape index (κ2) is 7.87. The van der Waals surface area contributed by atoms with Crippen LogP contribution in [0.5, 0.6) is 0 Å². The fraction of sp³-hybridized carbons (Fsp3) is 0.462. The van der Waals surface area contributed by atoms with Gasteiger partial charge in [-0.1, -0.05) is 36.8 Å². The van der Waals surface area contributed by atoms with Crippen LogP contribution in [-0.2, 0) is 0 Å². The van der Waals surface area contributed by atoms with Crippen LogP contribution in [0.3, 0.4) is 0 Å². The first-order chi connectivity index (χ1) is 8.56. The van der Waals surface area contributed by atoms with Crippen LogP contribution in [0.25, 0.3) is 0 Å². The number of halogens is 1. The molecule has 0 saturated heterocycles. The van der Waals surface area contributed by atoms with Crippen molar-refractivity contribution < 1.29 is 0 Å². The highest BCUT2D eigenvalue weighted by Gasteiger charge is 2.11. The molecular weight excluding hydrogens is 284 g/mol. The molecule has 0 heterocycles. The van der Waals surface area contributed by atoms with E-state index < -0.39 is 0 Å². The Hall–Kier alpha value is -0.450. The molecule has 0 bridgehead atoms. The Kier molecular flexibility index (Phi) is 6.82. The van der Waals surface area contributed by atoms with Crippen molar-refractivity contribution in [2.24, 2.45) is 5.73 Å². The summed E-state index contributed by atoms with van der Waals surface area (Å²) in [4.78, 5) is 0.332. The molecule has 0 fully saturated rings. The average molecular weight is 303 g/mol. The third-order valence-electron chi connectivity index (χ3n) is 2.56. The van der Waals surface area contributed by atoms with Crippen molar-refractivity contribution in [3.05, 3.63) is 28.8 Å². The molecule has 1 atom stereocenters. The van der Waals surface area contributed by atoms with Gasteiger partial charge < -0.3 is 11.1 Å². The molecule has 3 N–H and O–H groups in total. The third kappa shape index (κ3) is 4.67. The summed E-state index contributed by atoms with van der Waals surface area (Å²) in [6, 6.07) is 6.04. The minimum Gasteiger partial charge on any atom is -0.389 e. The molecule has 2 nitrogen and oxygen atoms in total. The standard InChI is InChI=1S/C13H19ClN2S2/c1-3-18-8-7-9(2)16-11-6-4-5-10(14)12(11)13(15)17/h4-6,9,16H,3,7-8H2,1-2H3,(H2,15,17). The molecule has 0 radical (unpaired) electrons. The zero-order valence-corrected chi connectivity index (χ0v) is 13.1. The van der Waals surface area contributed by atoms with Gasteiger partial charge in [-0.2, -0.15) is 11.8 Å². The molecule has 1 aromatic carbocycles. The molecule has 0 aliphatic carbocycles. The lowest BCUT2D eigenvalue weighted by Gasteiger charge is -2.18. The van der Waals surface area contributed by atoms with Crippen molar-refractivity contribution in [1.29, 1.82) is 0 Å². The van der Waals surface area contributed by atoms with Gasteiger partial charge in [0.1, 0.15) is 4.99 Å². The lowest BCUT2D eigenvalue weighted by Crippen LogP contribution is -2.20. The minimum atomic E-state index is 0.332. The maximum absolute atomic E-state index is 6.12. The predicted octanol–water partition coefficient (Wildman–Crippen LogP) is 3.92. The Morgan fingerprint density at radius 1 is 1.56 bits per heavy atom. The molecule has 1 unspecified atom stereocenters. The van der Waals surface area contributed by atoms with E-state index >= 15 is 0 Å². The quantitative estimate of drug-likeness (QED) is 0.591. The van der Waals surface area contributed by atoms with Gasteiger partial charge in [-0.05, 0) is 37.0 Å². The minimum absolute atomic E-state index is 0.332. The number of thiocarbonyl (C=S) groups is 1. The normalized spacial score (nSPS) is 12.2. The summed E-state index contributed by atoms with van der Waals surface area (Å²) in [7, 11) is 0. The van der Waals surface area contributed by atoms with E-state index in [9.17, 15) is 0 Å². The van der Waals surface area contributed by atoms with Crippen LogP contribution in [0, 0.1) is 0 Å². The summed E-state index contributed by atoms with van der Waals surface area (Å²) in [5.41, 5.74) is 7.38.